The van der Waals surface area contributed by atoms with Crippen LogP contribution in [0.2, 0.25) is 0 Å². The summed E-state index contributed by atoms with van der Waals surface area (Å²) in [7, 11) is 0. The minimum atomic E-state index is -0.250. The third-order valence-corrected chi connectivity index (χ3v) is 7.03. The second-order valence-corrected chi connectivity index (χ2v) is 8.79. The molecular weight excluding hydrogens is 430 g/mol. The Morgan fingerprint density at radius 1 is 1.31 bits per heavy atom. The molecule has 1 aromatic heterocycles. The first-order valence-corrected chi connectivity index (χ1v) is 11.8. The number of rotatable bonds is 7. The Kier molecular flexibility index (Phi) is 8.40. The van der Waals surface area contributed by atoms with E-state index in [0.717, 1.165) is 35.4 Å². The highest BCUT2D eigenvalue weighted by molar-refractivity contribution is 7.13. The van der Waals surface area contributed by atoms with Gasteiger partial charge in [0.2, 0.25) is 5.91 Å². The van der Waals surface area contributed by atoms with Crippen molar-refractivity contribution in [1.29, 1.82) is 0 Å². The largest absolute Gasteiger partial charge is 0.483 e. The minimum Gasteiger partial charge on any atom is -0.483 e. The van der Waals surface area contributed by atoms with Crippen molar-refractivity contribution in [3.63, 3.8) is 0 Å². The number of nitrogens with zero attached hydrogens (tertiary/aromatic N) is 3. The van der Waals surface area contributed by atoms with Gasteiger partial charge in [-0.2, -0.15) is 4.37 Å². The van der Waals surface area contributed by atoms with E-state index in [1.807, 2.05) is 32.0 Å². The van der Waals surface area contributed by atoms with Crippen LogP contribution in [0.1, 0.15) is 38.6 Å². The number of likely N-dealkylation sites (N-methyl/N-ethyl adjacent to an activating group) is 1. The molecule has 0 unspecified atom stereocenters. The van der Waals surface area contributed by atoms with Gasteiger partial charge in [-0.05, 0) is 75.4 Å². The van der Waals surface area contributed by atoms with Crippen molar-refractivity contribution in [1.82, 2.24) is 19.5 Å². The maximum absolute atomic E-state index is 12.9. The van der Waals surface area contributed by atoms with Gasteiger partial charge >= 0.3 is 0 Å². The summed E-state index contributed by atoms with van der Waals surface area (Å²) >= 11 is 1.33. The Morgan fingerprint density at radius 3 is 2.59 bits per heavy atom. The second-order valence-electron chi connectivity index (χ2n) is 7.99. The Balaban J connectivity index is 0.000000914. The van der Waals surface area contributed by atoms with Gasteiger partial charge in [0.25, 0.3) is 12.4 Å². The molecule has 0 spiro atoms. The third kappa shape index (κ3) is 5.55. The summed E-state index contributed by atoms with van der Waals surface area (Å²) < 4.78 is 5.38. The van der Waals surface area contributed by atoms with Crippen molar-refractivity contribution in [2.45, 2.75) is 32.7 Å². The molecule has 3 fully saturated rings. The molecule has 3 saturated heterocycles. The van der Waals surface area contributed by atoms with Crippen LogP contribution in [0.5, 0.6) is 0 Å². The third-order valence-electron chi connectivity index (χ3n) is 6.22. The molecule has 9 nitrogen and oxygen atoms in total. The summed E-state index contributed by atoms with van der Waals surface area (Å²) in [4.78, 5) is 37.6. The van der Waals surface area contributed by atoms with Crippen molar-refractivity contribution in [2.75, 3.05) is 44.6 Å². The van der Waals surface area contributed by atoms with E-state index in [1.54, 1.807) is 4.90 Å². The number of nitrogens with one attached hydrogen (secondary N) is 2. The maximum Gasteiger partial charge on any atom is 0.290 e. The molecule has 10 heteroatoms. The SMILES string of the molecule is CCN(CC)C(=O)CNc1ccc2c(C(=O)N[C@@H]3CN4CCC3CC4)nsc2c1.O=CO.[HH]. The van der Waals surface area contributed by atoms with Crippen LogP contribution in [0.25, 0.3) is 10.1 Å². The molecular formula is C22H33N5O4S. The van der Waals surface area contributed by atoms with Crippen LogP contribution in [0, 0.1) is 5.92 Å². The molecule has 2 bridgehead atoms. The van der Waals surface area contributed by atoms with E-state index in [1.165, 1.54) is 24.4 Å². The van der Waals surface area contributed by atoms with E-state index in [2.05, 4.69) is 19.9 Å². The number of piperidine rings is 3. The highest BCUT2D eigenvalue weighted by atomic mass is 32.1. The molecule has 3 N–H and O–H groups in total. The van der Waals surface area contributed by atoms with E-state index >= 15 is 0 Å². The molecule has 1 aromatic carbocycles. The predicted molar refractivity (Wildman–Crippen MR) is 127 cm³/mol. The topological polar surface area (TPSA) is 115 Å². The zero-order chi connectivity index (χ0) is 23.1. The quantitative estimate of drug-likeness (QED) is 0.540. The predicted octanol–water partition coefficient (Wildman–Crippen LogP) is 2.35. The first kappa shape index (κ1) is 23.9. The molecule has 1 atom stereocenters. The van der Waals surface area contributed by atoms with E-state index in [-0.39, 0.29) is 32.3 Å². The number of fused-ring (bicyclic) bond motifs is 4. The van der Waals surface area contributed by atoms with Crippen molar-refractivity contribution in [3.8, 4) is 0 Å². The van der Waals surface area contributed by atoms with Gasteiger partial charge in [0, 0.05) is 38.2 Å². The number of aromatic nitrogens is 1. The lowest BCUT2D eigenvalue weighted by molar-refractivity contribution is -0.129. The standard InChI is InChI=1S/C21H29N5O2S.CH2O2.H2/c1-3-26(4-2)19(27)12-22-15-5-6-16-18(11-15)29-24-20(16)21(28)23-17-13-25-9-7-14(17)8-10-25;2-1-3;/h5-6,11,14,17,22H,3-4,7-10,12-13H2,1-2H3,(H,23,28);1H,(H,2,3);1H/t17-;;/m1../s1. The number of hydrogen-bond donors (Lipinski definition) is 3. The fourth-order valence-electron chi connectivity index (χ4n) is 4.44. The van der Waals surface area contributed by atoms with Crippen LogP contribution in [0.3, 0.4) is 0 Å². The van der Waals surface area contributed by atoms with Crippen LogP contribution in [-0.4, -0.2) is 82.9 Å². The van der Waals surface area contributed by atoms with Crippen LogP contribution < -0.4 is 10.6 Å². The van der Waals surface area contributed by atoms with Gasteiger partial charge in [-0.25, -0.2) is 0 Å². The molecule has 32 heavy (non-hydrogen) atoms. The second kappa shape index (κ2) is 11.2. The van der Waals surface area contributed by atoms with Crippen molar-refractivity contribution >= 4 is 45.6 Å². The molecule has 4 heterocycles. The first-order chi connectivity index (χ1) is 15.5. The van der Waals surface area contributed by atoms with Gasteiger partial charge in [0.15, 0.2) is 0 Å². The number of hydrogen-bond acceptors (Lipinski definition) is 7. The fraction of sp³-hybridized carbons (Fsp3) is 0.545. The highest BCUT2D eigenvalue weighted by Gasteiger charge is 2.35. The van der Waals surface area contributed by atoms with Crippen LogP contribution in [0.15, 0.2) is 18.2 Å². The number of carbonyl (C=O) groups is 3. The fourth-order valence-corrected chi connectivity index (χ4v) is 5.26. The minimum absolute atomic E-state index is 0. The summed E-state index contributed by atoms with van der Waals surface area (Å²) in [5.41, 5.74) is 1.37. The van der Waals surface area contributed by atoms with Crippen LogP contribution >= 0.6 is 11.5 Å². The Bertz CT molecular complexity index is 944. The molecule has 2 aromatic rings. The number of carbonyl (C=O) groups excluding carboxylic acids is 2. The average Bonchev–Trinajstić information content (AvgIpc) is 3.23. The van der Waals surface area contributed by atoms with E-state index in [0.29, 0.717) is 24.7 Å². The molecule has 176 valence electrons. The number of carboxylic acid groups (broad SMARTS) is 1. The number of anilines is 1. The summed E-state index contributed by atoms with van der Waals surface area (Å²) in [6, 6.07) is 6.04. The van der Waals surface area contributed by atoms with Gasteiger partial charge in [-0.15, -0.1) is 0 Å². The monoisotopic (exact) mass is 463 g/mol. The molecule has 3 aliphatic rings. The van der Waals surface area contributed by atoms with Gasteiger partial charge in [-0.3, -0.25) is 14.4 Å². The molecule has 2 amide bonds. The highest BCUT2D eigenvalue weighted by Crippen LogP contribution is 2.29. The van der Waals surface area contributed by atoms with Gasteiger partial charge in [-0.1, -0.05) is 0 Å². The first-order valence-electron chi connectivity index (χ1n) is 11.0. The lowest BCUT2D eigenvalue weighted by Gasteiger charge is -2.44. The molecule has 0 aliphatic carbocycles. The summed E-state index contributed by atoms with van der Waals surface area (Å²) in [6.45, 7) is 8.66. The van der Waals surface area contributed by atoms with Crippen molar-refractivity contribution in [3.05, 3.63) is 23.9 Å². The smallest absolute Gasteiger partial charge is 0.290 e. The molecule has 3 aliphatic heterocycles. The number of benzene rings is 1. The Hall–Kier alpha value is -2.72. The van der Waals surface area contributed by atoms with E-state index in [9.17, 15) is 9.59 Å². The summed E-state index contributed by atoms with van der Waals surface area (Å²) in [5, 5.41) is 14.2. The van der Waals surface area contributed by atoms with Gasteiger partial charge in [0.1, 0.15) is 5.69 Å². The van der Waals surface area contributed by atoms with E-state index in [4.69, 9.17) is 9.90 Å². The Morgan fingerprint density at radius 2 is 2.00 bits per heavy atom. The number of amides is 2. The maximum atomic E-state index is 12.9. The van der Waals surface area contributed by atoms with Crippen LogP contribution in [-0.2, 0) is 9.59 Å². The molecule has 0 saturated carbocycles. The van der Waals surface area contributed by atoms with E-state index < -0.39 is 0 Å². The Labute approximate surface area is 193 Å². The van der Waals surface area contributed by atoms with Crippen LogP contribution in [0.4, 0.5) is 5.69 Å². The summed E-state index contributed by atoms with van der Waals surface area (Å²) in [5.74, 6) is 0.595. The zero-order valence-corrected chi connectivity index (χ0v) is 19.4. The van der Waals surface area contributed by atoms with Crippen molar-refractivity contribution < 1.29 is 20.9 Å². The lowest BCUT2D eigenvalue weighted by atomic mass is 9.84. The lowest BCUT2D eigenvalue weighted by Crippen LogP contribution is -2.57. The molecule has 5 rings (SSSR count). The van der Waals surface area contributed by atoms with Gasteiger partial charge in [0.05, 0.1) is 11.2 Å². The average molecular weight is 464 g/mol. The van der Waals surface area contributed by atoms with Gasteiger partial charge < -0.3 is 25.5 Å². The zero-order valence-electron chi connectivity index (χ0n) is 18.5. The summed E-state index contributed by atoms with van der Waals surface area (Å²) in [6.07, 6.45) is 2.34. The van der Waals surface area contributed by atoms with Crippen molar-refractivity contribution in [2.24, 2.45) is 5.92 Å². The molecule has 0 radical (unpaired) electrons. The normalized spacial score (nSPS) is 21.4.